The maximum atomic E-state index is 12.7. The van der Waals surface area contributed by atoms with Gasteiger partial charge in [0.25, 0.3) is 0 Å². The van der Waals surface area contributed by atoms with Crippen LogP contribution in [0.15, 0.2) is 36.7 Å². The van der Waals surface area contributed by atoms with E-state index in [0.717, 1.165) is 5.56 Å². The van der Waals surface area contributed by atoms with Crippen LogP contribution in [0.3, 0.4) is 0 Å². The fourth-order valence-corrected chi connectivity index (χ4v) is 3.50. The van der Waals surface area contributed by atoms with Gasteiger partial charge in [-0.25, -0.2) is 9.97 Å². The molecule has 1 aliphatic heterocycles. The van der Waals surface area contributed by atoms with Crippen molar-refractivity contribution in [1.82, 2.24) is 14.9 Å². The SMILES string of the molecule is COC(=O)C[C@@H]1C(=O)N(CC(=O)OC)C[C@H]1COc1ccc(-c2ncc(C(=N)N)cn2)cc1.Cl. The zero-order chi connectivity index (χ0) is 24.0. The molecule has 12 heteroatoms. The Balaban J connectivity index is 0.00000408. The highest BCUT2D eigenvalue weighted by atomic mass is 35.5. The van der Waals surface area contributed by atoms with Crippen molar-refractivity contribution in [3.05, 3.63) is 42.2 Å². The van der Waals surface area contributed by atoms with Gasteiger partial charge in [-0.15, -0.1) is 12.4 Å². The first kappa shape index (κ1) is 26.5. The molecule has 0 unspecified atom stereocenters. The zero-order valence-electron chi connectivity index (χ0n) is 18.7. The number of nitrogens with one attached hydrogen (secondary N) is 1. The summed E-state index contributed by atoms with van der Waals surface area (Å²) in [6.07, 6.45) is 2.87. The molecule has 0 saturated carbocycles. The molecular formula is C22H26ClN5O6. The molecule has 1 aromatic carbocycles. The number of esters is 2. The quantitative estimate of drug-likeness (QED) is 0.297. The van der Waals surface area contributed by atoms with E-state index in [0.29, 0.717) is 17.1 Å². The topological polar surface area (TPSA) is 158 Å². The maximum absolute atomic E-state index is 12.7. The van der Waals surface area contributed by atoms with Gasteiger partial charge in [0.2, 0.25) is 5.91 Å². The predicted molar refractivity (Wildman–Crippen MR) is 123 cm³/mol. The lowest BCUT2D eigenvalue weighted by atomic mass is 9.93. The van der Waals surface area contributed by atoms with Crippen molar-refractivity contribution in [3.63, 3.8) is 0 Å². The minimum atomic E-state index is -0.644. The van der Waals surface area contributed by atoms with Gasteiger partial charge in [-0.1, -0.05) is 0 Å². The van der Waals surface area contributed by atoms with Crippen molar-refractivity contribution in [2.75, 3.05) is 33.9 Å². The summed E-state index contributed by atoms with van der Waals surface area (Å²) in [4.78, 5) is 45.9. The molecule has 1 aromatic heterocycles. The number of halogens is 1. The first-order valence-corrected chi connectivity index (χ1v) is 10.1. The van der Waals surface area contributed by atoms with Crippen LogP contribution in [0.25, 0.3) is 11.4 Å². The van der Waals surface area contributed by atoms with Crippen molar-refractivity contribution >= 4 is 36.1 Å². The largest absolute Gasteiger partial charge is 0.493 e. The van der Waals surface area contributed by atoms with Crippen LogP contribution in [0.2, 0.25) is 0 Å². The van der Waals surface area contributed by atoms with Crippen LogP contribution in [-0.4, -0.2) is 72.5 Å². The number of ether oxygens (including phenoxy) is 3. The Kier molecular flexibility index (Phi) is 9.31. The first-order chi connectivity index (χ1) is 15.8. The smallest absolute Gasteiger partial charge is 0.325 e. The number of aromatic nitrogens is 2. The second-order valence-electron chi connectivity index (χ2n) is 7.49. The normalized spacial score (nSPS) is 17.0. The summed E-state index contributed by atoms with van der Waals surface area (Å²) < 4.78 is 15.2. The minimum absolute atomic E-state index is 0. The molecule has 1 fully saturated rings. The Morgan fingerprint density at radius 3 is 2.29 bits per heavy atom. The van der Waals surface area contributed by atoms with Crippen molar-refractivity contribution < 1.29 is 28.6 Å². The summed E-state index contributed by atoms with van der Waals surface area (Å²) in [6, 6.07) is 7.06. The summed E-state index contributed by atoms with van der Waals surface area (Å²) >= 11 is 0. The molecule has 2 atom stereocenters. The van der Waals surface area contributed by atoms with Gasteiger partial charge in [-0.2, -0.15) is 0 Å². The lowest BCUT2D eigenvalue weighted by Gasteiger charge is -2.16. The number of benzene rings is 1. The Morgan fingerprint density at radius 2 is 1.74 bits per heavy atom. The van der Waals surface area contributed by atoms with E-state index in [4.69, 9.17) is 20.6 Å². The fourth-order valence-electron chi connectivity index (χ4n) is 3.50. The van der Waals surface area contributed by atoms with Crippen LogP contribution in [0.4, 0.5) is 0 Å². The average Bonchev–Trinajstić information content (AvgIpc) is 3.11. The van der Waals surface area contributed by atoms with E-state index in [2.05, 4.69) is 14.7 Å². The second-order valence-corrected chi connectivity index (χ2v) is 7.49. The van der Waals surface area contributed by atoms with Crippen molar-refractivity contribution in [2.45, 2.75) is 6.42 Å². The highest BCUT2D eigenvalue weighted by Crippen LogP contribution is 2.29. The van der Waals surface area contributed by atoms with Crippen molar-refractivity contribution in [1.29, 1.82) is 5.41 Å². The molecule has 1 saturated heterocycles. The van der Waals surface area contributed by atoms with Crippen LogP contribution in [0.5, 0.6) is 5.75 Å². The molecule has 2 heterocycles. The number of rotatable bonds is 9. The third-order valence-corrected chi connectivity index (χ3v) is 5.35. The Morgan fingerprint density at radius 1 is 1.12 bits per heavy atom. The zero-order valence-corrected chi connectivity index (χ0v) is 19.5. The van der Waals surface area contributed by atoms with Gasteiger partial charge in [0.15, 0.2) is 5.82 Å². The third kappa shape index (κ3) is 6.41. The number of nitrogen functional groups attached to an aromatic ring is 1. The molecule has 34 heavy (non-hydrogen) atoms. The van der Waals surface area contributed by atoms with Crippen LogP contribution in [0.1, 0.15) is 12.0 Å². The average molecular weight is 492 g/mol. The van der Waals surface area contributed by atoms with Gasteiger partial charge in [0.05, 0.1) is 38.7 Å². The number of carbonyl (C=O) groups excluding carboxylic acids is 3. The molecule has 3 N–H and O–H groups in total. The van der Waals surface area contributed by atoms with E-state index < -0.39 is 17.9 Å². The molecule has 1 aliphatic rings. The number of carbonyl (C=O) groups is 3. The molecule has 0 aliphatic carbocycles. The molecule has 0 spiro atoms. The Bertz CT molecular complexity index is 1030. The fraction of sp³-hybridized carbons (Fsp3) is 0.364. The van der Waals surface area contributed by atoms with Crippen molar-refractivity contribution in [2.24, 2.45) is 17.6 Å². The Labute approximate surface area is 202 Å². The molecule has 2 aromatic rings. The molecule has 3 rings (SSSR count). The molecule has 182 valence electrons. The van der Waals surface area contributed by atoms with E-state index >= 15 is 0 Å². The van der Waals surface area contributed by atoms with Gasteiger partial charge in [-0.05, 0) is 24.3 Å². The molecule has 1 amide bonds. The summed E-state index contributed by atoms with van der Waals surface area (Å²) in [5.41, 5.74) is 6.60. The standard InChI is InChI=1S/C22H25N5O6.ClH/c1-31-18(28)7-17-15(10-27(22(17)30)11-19(29)32-2)12-33-16-5-3-13(4-6-16)21-25-8-14(9-26-21)20(23)24;/h3-6,8-9,15,17H,7,10-12H2,1-2H3,(H3,23,24);1H/t15-,17-;/m0./s1. The number of nitrogens with two attached hydrogens (primary N) is 1. The number of amidine groups is 1. The maximum Gasteiger partial charge on any atom is 0.325 e. The third-order valence-electron chi connectivity index (χ3n) is 5.35. The number of likely N-dealkylation sites (tertiary alicyclic amines) is 1. The number of hydrogen-bond acceptors (Lipinski definition) is 9. The molecule has 11 nitrogen and oxygen atoms in total. The monoisotopic (exact) mass is 491 g/mol. The van der Waals surface area contributed by atoms with E-state index in [1.807, 2.05) is 0 Å². The van der Waals surface area contributed by atoms with Crippen LogP contribution in [-0.2, 0) is 23.9 Å². The van der Waals surface area contributed by atoms with E-state index in [-0.39, 0.29) is 56.2 Å². The highest BCUT2D eigenvalue weighted by molar-refractivity contribution is 5.94. The van der Waals surface area contributed by atoms with Crippen LogP contribution in [0, 0.1) is 17.2 Å². The second kappa shape index (κ2) is 11.9. The Hall–Kier alpha value is -3.73. The van der Waals surface area contributed by atoms with Crippen LogP contribution < -0.4 is 10.5 Å². The molecule has 0 bridgehead atoms. The number of nitrogens with zero attached hydrogens (tertiary/aromatic N) is 3. The minimum Gasteiger partial charge on any atom is -0.493 e. The highest BCUT2D eigenvalue weighted by Gasteiger charge is 2.42. The van der Waals surface area contributed by atoms with Gasteiger partial charge >= 0.3 is 11.9 Å². The van der Waals surface area contributed by atoms with E-state index in [1.165, 1.54) is 31.5 Å². The summed E-state index contributed by atoms with van der Waals surface area (Å²) in [7, 11) is 2.51. The molecular weight excluding hydrogens is 466 g/mol. The van der Waals surface area contributed by atoms with E-state index in [1.54, 1.807) is 24.3 Å². The van der Waals surface area contributed by atoms with Gasteiger partial charge in [-0.3, -0.25) is 19.8 Å². The van der Waals surface area contributed by atoms with Gasteiger partial charge in [0, 0.05) is 30.4 Å². The summed E-state index contributed by atoms with van der Waals surface area (Å²) in [5.74, 6) is -1.35. The molecule has 0 radical (unpaired) electrons. The number of methoxy groups -OCH3 is 2. The van der Waals surface area contributed by atoms with Crippen molar-refractivity contribution in [3.8, 4) is 17.1 Å². The van der Waals surface area contributed by atoms with Crippen LogP contribution >= 0.6 is 12.4 Å². The lowest BCUT2D eigenvalue weighted by Crippen LogP contribution is -2.33. The van der Waals surface area contributed by atoms with Gasteiger partial charge < -0.3 is 24.8 Å². The number of hydrogen-bond donors (Lipinski definition) is 2. The predicted octanol–water partition coefficient (Wildman–Crippen LogP) is 1.04. The van der Waals surface area contributed by atoms with E-state index in [9.17, 15) is 14.4 Å². The number of amides is 1. The summed E-state index contributed by atoms with van der Waals surface area (Å²) in [6.45, 7) is 0.263. The summed E-state index contributed by atoms with van der Waals surface area (Å²) in [5, 5.41) is 7.39. The lowest BCUT2D eigenvalue weighted by molar-refractivity contribution is -0.148. The first-order valence-electron chi connectivity index (χ1n) is 10.1. The van der Waals surface area contributed by atoms with Gasteiger partial charge in [0.1, 0.15) is 18.1 Å².